The van der Waals surface area contributed by atoms with Crippen molar-refractivity contribution in [2.45, 2.75) is 0 Å². The first-order valence-corrected chi connectivity index (χ1v) is 6.63. The highest BCUT2D eigenvalue weighted by atomic mass is 79.9. The summed E-state index contributed by atoms with van der Waals surface area (Å²) < 4.78 is 11.4. The molecule has 0 spiro atoms. The molecule has 0 N–H and O–H groups in total. The molecule has 1 heterocycles. The third-order valence-corrected chi connectivity index (χ3v) is 3.81. The van der Waals surface area contributed by atoms with Crippen molar-refractivity contribution in [1.29, 1.82) is 0 Å². The van der Waals surface area contributed by atoms with E-state index in [1.165, 1.54) is 0 Å². The van der Waals surface area contributed by atoms with Crippen LogP contribution in [0.2, 0.25) is 0 Å². The molecule has 5 heteroatoms. The van der Waals surface area contributed by atoms with E-state index in [0.717, 1.165) is 47.1 Å². The summed E-state index contributed by atoms with van der Waals surface area (Å²) in [5, 5.41) is 0. The van der Waals surface area contributed by atoms with E-state index < -0.39 is 0 Å². The molecule has 1 saturated heterocycles. The fourth-order valence-corrected chi connectivity index (χ4v) is 2.60. The number of ether oxygens (including phenoxy) is 2. The first-order valence-electron chi connectivity index (χ1n) is 5.43. The van der Waals surface area contributed by atoms with Crippen LogP contribution in [0.4, 0.5) is 0 Å². The molecule has 1 aromatic rings. The van der Waals surface area contributed by atoms with Crippen molar-refractivity contribution in [1.82, 2.24) is 4.90 Å². The van der Waals surface area contributed by atoms with Gasteiger partial charge in [-0.25, -0.2) is 0 Å². The maximum absolute atomic E-state index is 5.49. The summed E-state index contributed by atoms with van der Waals surface area (Å²) >= 11 is 8.96. The number of morpholine rings is 1. The highest BCUT2D eigenvalue weighted by Crippen LogP contribution is 2.26. The Bertz CT molecular complexity index is 419. The van der Waals surface area contributed by atoms with E-state index >= 15 is 0 Å². The average molecular weight is 316 g/mol. The van der Waals surface area contributed by atoms with Gasteiger partial charge in [0.05, 0.1) is 24.8 Å². The molecule has 1 aliphatic rings. The lowest BCUT2D eigenvalue weighted by Gasteiger charge is -2.29. The smallest absolute Gasteiger partial charge is 0.133 e. The quantitative estimate of drug-likeness (QED) is 0.782. The second-order valence-electron chi connectivity index (χ2n) is 3.75. The van der Waals surface area contributed by atoms with Crippen LogP contribution >= 0.6 is 28.1 Å². The maximum Gasteiger partial charge on any atom is 0.133 e. The minimum absolute atomic E-state index is 0.747. The molecule has 1 aromatic carbocycles. The molecule has 17 heavy (non-hydrogen) atoms. The van der Waals surface area contributed by atoms with Crippen LogP contribution in [0.25, 0.3) is 0 Å². The minimum atomic E-state index is 0.747. The Morgan fingerprint density at radius 1 is 1.41 bits per heavy atom. The number of hydrogen-bond acceptors (Lipinski definition) is 3. The summed E-state index contributed by atoms with van der Waals surface area (Å²) in [6.07, 6.45) is 0. The summed E-state index contributed by atoms with van der Waals surface area (Å²) in [6, 6.07) is 5.91. The second kappa shape index (κ2) is 5.80. The van der Waals surface area contributed by atoms with Crippen LogP contribution in [-0.4, -0.2) is 43.3 Å². The van der Waals surface area contributed by atoms with Crippen molar-refractivity contribution in [3.8, 4) is 5.75 Å². The van der Waals surface area contributed by atoms with E-state index in [-0.39, 0.29) is 0 Å². The zero-order valence-electron chi connectivity index (χ0n) is 9.61. The molecule has 0 radical (unpaired) electrons. The van der Waals surface area contributed by atoms with Crippen molar-refractivity contribution in [3.05, 3.63) is 28.2 Å². The van der Waals surface area contributed by atoms with E-state index in [1.54, 1.807) is 7.11 Å². The van der Waals surface area contributed by atoms with Crippen molar-refractivity contribution >= 4 is 33.1 Å². The zero-order chi connectivity index (χ0) is 12.3. The van der Waals surface area contributed by atoms with E-state index in [4.69, 9.17) is 21.7 Å². The molecule has 0 unspecified atom stereocenters. The summed E-state index contributed by atoms with van der Waals surface area (Å²) in [7, 11) is 1.65. The molecule has 92 valence electrons. The van der Waals surface area contributed by atoms with Crippen molar-refractivity contribution < 1.29 is 9.47 Å². The molecule has 0 amide bonds. The van der Waals surface area contributed by atoms with Gasteiger partial charge in [-0.15, -0.1) is 0 Å². The molecule has 2 rings (SSSR count). The van der Waals surface area contributed by atoms with Crippen LogP contribution < -0.4 is 4.74 Å². The van der Waals surface area contributed by atoms with Gasteiger partial charge in [0.1, 0.15) is 10.7 Å². The second-order valence-corrected chi connectivity index (χ2v) is 4.99. The van der Waals surface area contributed by atoms with Gasteiger partial charge in [-0.05, 0) is 34.1 Å². The van der Waals surface area contributed by atoms with E-state index in [2.05, 4.69) is 20.8 Å². The molecule has 0 aromatic heterocycles. The van der Waals surface area contributed by atoms with Crippen molar-refractivity contribution in [3.63, 3.8) is 0 Å². The van der Waals surface area contributed by atoms with Crippen molar-refractivity contribution in [2.75, 3.05) is 33.4 Å². The van der Waals surface area contributed by atoms with E-state index in [9.17, 15) is 0 Å². The molecule has 0 saturated carbocycles. The number of thiocarbonyl (C=S) groups is 1. The van der Waals surface area contributed by atoms with E-state index in [0.29, 0.717) is 0 Å². The summed E-state index contributed by atoms with van der Waals surface area (Å²) in [5.74, 6) is 0.818. The van der Waals surface area contributed by atoms with Crippen LogP contribution in [-0.2, 0) is 4.74 Å². The van der Waals surface area contributed by atoms with Crippen LogP contribution in [0.1, 0.15) is 5.56 Å². The van der Waals surface area contributed by atoms with Crippen molar-refractivity contribution in [2.24, 2.45) is 0 Å². The minimum Gasteiger partial charge on any atom is -0.496 e. The standard InChI is InChI=1S/C12H14BrNO2S/c1-15-11-3-2-9(8-10(11)13)12(17)14-4-6-16-7-5-14/h2-3,8H,4-7H2,1H3. The largest absolute Gasteiger partial charge is 0.496 e. The maximum atomic E-state index is 5.49. The summed E-state index contributed by atoms with van der Waals surface area (Å²) in [5.41, 5.74) is 1.04. The summed E-state index contributed by atoms with van der Waals surface area (Å²) in [4.78, 5) is 3.05. The van der Waals surface area contributed by atoms with Gasteiger partial charge in [-0.2, -0.15) is 0 Å². The van der Waals surface area contributed by atoms with Gasteiger partial charge in [-0.1, -0.05) is 12.2 Å². The lowest BCUT2D eigenvalue weighted by Crippen LogP contribution is -2.40. The Morgan fingerprint density at radius 2 is 2.12 bits per heavy atom. The predicted molar refractivity (Wildman–Crippen MR) is 74.8 cm³/mol. The number of nitrogens with zero attached hydrogens (tertiary/aromatic N) is 1. The molecule has 3 nitrogen and oxygen atoms in total. The third kappa shape index (κ3) is 2.97. The lowest BCUT2D eigenvalue weighted by molar-refractivity contribution is 0.0693. The number of halogens is 1. The lowest BCUT2D eigenvalue weighted by atomic mass is 10.2. The Labute approximate surface area is 115 Å². The highest BCUT2D eigenvalue weighted by Gasteiger charge is 2.15. The normalized spacial score (nSPS) is 15.8. The predicted octanol–water partition coefficient (Wildman–Crippen LogP) is 2.47. The summed E-state index contributed by atoms with van der Waals surface area (Å²) in [6.45, 7) is 3.22. The van der Waals surface area contributed by atoms with Gasteiger partial charge in [0.25, 0.3) is 0 Å². The van der Waals surface area contributed by atoms with Gasteiger partial charge < -0.3 is 14.4 Å². The molecular formula is C12H14BrNO2S. The Morgan fingerprint density at radius 3 is 2.71 bits per heavy atom. The van der Waals surface area contributed by atoms with Crippen LogP contribution in [0.5, 0.6) is 5.75 Å². The zero-order valence-corrected chi connectivity index (χ0v) is 12.0. The monoisotopic (exact) mass is 315 g/mol. The molecule has 1 aliphatic heterocycles. The number of rotatable bonds is 2. The third-order valence-electron chi connectivity index (χ3n) is 2.70. The number of methoxy groups -OCH3 is 1. The fraction of sp³-hybridized carbons (Fsp3) is 0.417. The highest BCUT2D eigenvalue weighted by molar-refractivity contribution is 9.10. The Balaban J connectivity index is 2.16. The van der Waals surface area contributed by atoms with Gasteiger partial charge in [0.2, 0.25) is 0 Å². The first kappa shape index (κ1) is 12.8. The van der Waals surface area contributed by atoms with Gasteiger partial charge in [0, 0.05) is 18.7 Å². The fourth-order valence-electron chi connectivity index (χ4n) is 1.75. The molecule has 0 atom stereocenters. The van der Waals surface area contributed by atoms with Gasteiger partial charge in [0.15, 0.2) is 0 Å². The van der Waals surface area contributed by atoms with Gasteiger partial charge in [-0.3, -0.25) is 0 Å². The van der Waals surface area contributed by atoms with Crippen LogP contribution in [0.15, 0.2) is 22.7 Å². The molecule has 1 fully saturated rings. The number of hydrogen-bond donors (Lipinski definition) is 0. The average Bonchev–Trinajstić information content (AvgIpc) is 2.39. The first-order chi connectivity index (χ1) is 8.22. The number of benzene rings is 1. The molecule has 0 aliphatic carbocycles. The van der Waals surface area contributed by atoms with Crippen LogP contribution in [0, 0.1) is 0 Å². The van der Waals surface area contributed by atoms with Crippen LogP contribution in [0.3, 0.4) is 0 Å². The molecule has 0 bridgehead atoms. The Kier molecular flexibility index (Phi) is 4.36. The molecular weight excluding hydrogens is 302 g/mol. The topological polar surface area (TPSA) is 21.7 Å². The van der Waals surface area contributed by atoms with E-state index in [1.807, 2.05) is 18.2 Å². The Hall–Kier alpha value is -0.650. The SMILES string of the molecule is COc1ccc(C(=S)N2CCOCC2)cc1Br. The van der Waals surface area contributed by atoms with Gasteiger partial charge >= 0.3 is 0 Å².